The van der Waals surface area contributed by atoms with Gasteiger partial charge in [0.2, 0.25) is 5.91 Å². The Morgan fingerprint density at radius 1 is 1.60 bits per heavy atom. The van der Waals surface area contributed by atoms with E-state index in [1.165, 1.54) is 20.3 Å². The van der Waals surface area contributed by atoms with E-state index in [0.717, 1.165) is 0 Å². The van der Waals surface area contributed by atoms with Gasteiger partial charge in [-0.1, -0.05) is 0 Å². The minimum absolute atomic E-state index is 0.281. The van der Waals surface area contributed by atoms with E-state index in [1.807, 2.05) is 0 Å². The summed E-state index contributed by atoms with van der Waals surface area (Å²) in [6, 6.07) is 2.76. The first-order chi connectivity index (χ1) is 7.13. The van der Waals surface area contributed by atoms with Crippen LogP contribution >= 0.6 is 0 Å². The molecule has 0 unspecified atom stereocenters. The van der Waals surface area contributed by atoms with Crippen molar-refractivity contribution in [3.05, 3.63) is 24.2 Å². The summed E-state index contributed by atoms with van der Waals surface area (Å²) in [7, 11) is 1.28. The molecular formula is C10H13NO4. The van der Waals surface area contributed by atoms with Crippen LogP contribution in [0, 0.1) is 0 Å². The minimum Gasteiger partial charge on any atom is -0.469 e. The first-order valence-electron chi connectivity index (χ1n) is 4.50. The van der Waals surface area contributed by atoms with Gasteiger partial charge < -0.3 is 14.5 Å². The molecule has 0 aromatic carbocycles. The zero-order valence-electron chi connectivity index (χ0n) is 8.65. The molecule has 0 saturated carbocycles. The lowest BCUT2D eigenvalue weighted by molar-refractivity contribution is -0.144. The second-order valence-corrected chi connectivity index (χ2v) is 3.06. The standard InChI is InChI=1S/C10H13NO4/c1-7(12)11-9(10(13)14-2)6-8-4-3-5-15-8/h3-5,9H,6H2,1-2H3,(H,11,12)/t9-/m1/s1. The number of carbonyl (C=O) groups excluding carboxylic acids is 2. The van der Waals surface area contributed by atoms with Crippen molar-refractivity contribution in [2.75, 3.05) is 7.11 Å². The maximum atomic E-state index is 11.3. The van der Waals surface area contributed by atoms with Crippen molar-refractivity contribution < 1.29 is 18.7 Å². The molecule has 0 fully saturated rings. The Morgan fingerprint density at radius 2 is 2.33 bits per heavy atom. The molecule has 0 radical (unpaired) electrons. The maximum Gasteiger partial charge on any atom is 0.328 e. The predicted molar refractivity (Wildman–Crippen MR) is 52.0 cm³/mol. The van der Waals surface area contributed by atoms with Gasteiger partial charge in [-0.3, -0.25) is 4.79 Å². The van der Waals surface area contributed by atoms with E-state index in [0.29, 0.717) is 12.2 Å². The lowest BCUT2D eigenvalue weighted by atomic mass is 10.1. The molecule has 1 amide bonds. The van der Waals surface area contributed by atoms with Crippen LogP contribution in [0.25, 0.3) is 0 Å². The SMILES string of the molecule is COC(=O)[C@@H](Cc1ccco1)NC(C)=O. The normalized spacial score (nSPS) is 11.9. The van der Waals surface area contributed by atoms with Crippen LogP contribution in [0.4, 0.5) is 0 Å². The van der Waals surface area contributed by atoms with Crippen molar-refractivity contribution in [3.8, 4) is 0 Å². The summed E-state index contributed by atoms with van der Waals surface area (Å²) in [6.07, 6.45) is 1.80. The Labute approximate surface area is 87.4 Å². The molecule has 0 aliphatic rings. The largest absolute Gasteiger partial charge is 0.469 e. The number of methoxy groups -OCH3 is 1. The molecule has 0 aliphatic carbocycles. The highest BCUT2D eigenvalue weighted by molar-refractivity contribution is 5.83. The predicted octanol–water partition coefficient (Wildman–Crippen LogP) is 0.500. The van der Waals surface area contributed by atoms with Gasteiger partial charge in [0.15, 0.2) is 0 Å². The topological polar surface area (TPSA) is 68.5 Å². The molecule has 15 heavy (non-hydrogen) atoms. The average Bonchev–Trinajstić information content (AvgIpc) is 2.67. The zero-order valence-corrected chi connectivity index (χ0v) is 8.65. The van der Waals surface area contributed by atoms with E-state index in [1.54, 1.807) is 12.1 Å². The first kappa shape index (κ1) is 11.3. The molecule has 0 bridgehead atoms. The van der Waals surface area contributed by atoms with Crippen LogP contribution in [-0.2, 0) is 20.7 Å². The molecule has 0 aliphatic heterocycles. The molecule has 0 saturated heterocycles. The number of amides is 1. The van der Waals surface area contributed by atoms with Gasteiger partial charge in [-0.05, 0) is 12.1 Å². The summed E-state index contributed by atoms with van der Waals surface area (Å²) >= 11 is 0. The Hall–Kier alpha value is -1.78. The molecule has 1 aromatic rings. The molecule has 5 nitrogen and oxygen atoms in total. The molecule has 1 rings (SSSR count). The van der Waals surface area contributed by atoms with Crippen LogP contribution in [0.3, 0.4) is 0 Å². The second kappa shape index (κ2) is 5.19. The summed E-state index contributed by atoms with van der Waals surface area (Å²) in [4.78, 5) is 22.1. The second-order valence-electron chi connectivity index (χ2n) is 3.06. The smallest absolute Gasteiger partial charge is 0.328 e. The number of nitrogens with one attached hydrogen (secondary N) is 1. The van der Waals surface area contributed by atoms with Crippen molar-refractivity contribution >= 4 is 11.9 Å². The lowest BCUT2D eigenvalue weighted by Crippen LogP contribution is -2.41. The Bertz CT molecular complexity index is 331. The van der Waals surface area contributed by atoms with Crippen LogP contribution < -0.4 is 5.32 Å². The molecule has 1 heterocycles. The summed E-state index contributed by atoms with van der Waals surface area (Å²) in [6.45, 7) is 1.35. The van der Waals surface area contributed by atoms with E-state index >= 15 is 0 Å². The van der Waals surface area contributed by atoms with Crippen LogP contribution in [-0.4, -0.2) is 25.0 Å². The molecular weight excluding hydrogens is 198 g/mol. The maximum absolute atomic E-state index is 11.3. The third kappa shape index (κ3) is 3.46. The van der Waals surface area contributed by atoms with E-state index in [4.69, 9.17) is 4.42 Å². The van der Waals surface area contributed by atoms with Gasteiger partial charge >= 0.3 is 5.97 Å². The Kier molecular flexibility index (Phi) is 3.91. The molecule has 0 spiro atoms. The van der Waals surface area contributed by atoms with Crippen LogP contribution in [0.1, 0.15) is 12.7 Å². The van der Waals surface area contributed by atoms with Crippen molar-refractivity contribution in [1.29, 1.82) is 0 Å². The summed E-state index contributed by atoms with van der Waals surface area (Å²) < 4.78 is 9.65. The summed E-state index contributed by atoms with van der Waals surface area (Å²) in [5.41, 5.74) is 0. The number of esters is 1. The number of ether oxygens (including phenoxy) is 1. The van der Waals surface area contributed by atoms with E-state index in [2.05, 4.69) is 10.1 Å². The highest BCUT2D eigenvalue weighted by Crippen LogP contribution is 2.05. The van der Waals surface area contributed by atoms with Gasteiger partial charge in [-0.25, -0.2) is 4.79 Å². The Morgan fingerprint density at radius 3 is 2.80 bits per heavy atom. The Balaban J connectivity index is 2.64. The number of rotatable bonds is 4. The fraction of sp³-hybridized carbons (Fsp3) is 0.400. The van der Waals surface area contributed by atoms with Gasteiger partial charge in [-0.15, -0.1) is 0 Å². The summed E-state index contributed by atoms with van der Waals surface area (Å²) in [5.74, 6) is -0.141. The van der Waals surface area contributed by atoms with Crippen LogP contribution in [0.5, 0.6) is 0 Å². The fourth-order valence-corrected chi connectivity index (χ4v) is 1.21. The average molecular weight is 211 g/mol. The highest BCUT2D eigenvalue weighted by Gasteiger charge is 2.21. The molecule has 82 valence electrons. The minimum atomic E-state index is -0.696. The van der Waals surface area contributed by atoms with Crippen molar-refractivity contribution in [2.24, 2.45) is 0 Å². The van der Waals surface area contributed by atoms with Gasteiger partial charge in [0.25, 0.3) is 0 Å². The number of carbonyl (C=O) groups is 2. The third-order valence-corrected chi connectivity index (χ3v) is 1.85. The highest BCUT2D eigenvalue weighted by atomic mass is 16.5. The zero-order chi connectivity index (χ0) is 11.3. The van der Waals surface area contributed by atoms with Gasteiger partial charge in [0.1, 0.15) is 11.8 Å². The monoisotopic (exact) mass is 211 g/mol. The summed E-state index contributed by atoms with van der Waals surface area (Å²) in [5, 5.41) is 2.50. The van der Waals surface area contributed by atoms with Crippen LogP contribution in [0.15, 0.2) is 22.8 Å². The van der Waals surface area contributed by atoms with Gasteiger partial charge in [0, 0.05) is 13.3 Å². The van der Waals surface area contributed by atoms with Crippen LogP contribution in [0.2, 0.25) is 0 Å². The fourth-order valence-electron chi connectivity index (χ4n) is 1.21. The third-order valence-electron chi connectivity index (χ3n) is 1.85. The van der Waals surface area contributed by atoms with Gasteiger partial charge in [0.05, 0.1) is 13.4 Å². The molecule has 5 heteroatoms. The number of hydrogen-bond acceptors (Lipinski definition) is 4. The van der Waals surface area contributed by atoms with E-state index < -0.39 is 12.0 Å². The number of furan rings is 1. The first-order valence-corrected chi connectivity index (χ1v) is 4.50. The quantitative estimate of drug-likeness (QED) is 0.736. The molecule has 1 N–H and O–H groups in total. The van der Waals surface area contributed by atoms with E-state index in [-0.39, 0.29) is 5.91 Å². The molecule has 1 atom stereocenters. The van der Waals surface area contributed by atoms with Crippen molar-refractivity contribution in [1.82, 2.24) is 5.32 Å². The number of hydrogen-bond donors (Lipinski definition) is 1. The van der Waals surface area contributed by atoms with E-state index in [9.17, 15) is 9.59 Å². The van der Waals surface area contributed by atoms with Crippen molar-refractivity contribution in [2.45, 2.75) is 19.4 Å². The molecule has 1 aromatic heterocycles. The van der Waals surface area contributed by atoms with Gasteiger partial charge in [-0.2, -0.15) is 0 Å². The van der Waals surface area contributed by atoms with Crippen molar-refractivity contribution in [3.63, 3.8) is 0 Å². The lowest BCUT2D eigenvalue weighted by Gasteiger charge is -2.13.